The highest BCUT2D eigenvalue weighted by Gasteiger charge is 2.44. The van der Waals surface area contributed by atoms with E-state index in [9.17, 15) is 4.79 Å². The van der Waals surface area contributed by atoms with Crippen molar-refractivity contribution in [1.82, 2.24) is 4.90 Å². The summed E-state index contributed by atoms with van der Waals surface area (Å²) < 4.78 is 16.4. The summed E-state index contributed by atoms with van der Waals surface area (Å²) in [5.41, 5.74) is 13.5. The van der Waals surface area contributed by atoms with Crippen molar-refractivity contribution in [2.75, 3.05) is 20.8 Å². The Balaban J connectivity index is 1.34. The zero-order chi connectivity index (χ0) is 33.6. The molecule has 0 aromatic heterocycles. The van der Waals surface area contributed by atoms with Crippen LogP contribution >= 0.6 is 0 Å². The molecule has 1 atom stereocenters. The first kappa shape index (κ1) is 30.9. The minimum Gasteiger partial charge on any atom is -0.497 e. The predicted octanol–water partition coefficient (Wildman–Crippen LogP) is 8.67. The molecule has 0 saturated carbocycles. The summed E-state index contributed by atoms with van der Waals surface area (Å²) in [4.78, 5) is 29.9. The van der Waals surface area contributed by atoms with Crippen molar-refractivity contribution in [3.8, 4) is 33.8 Å². The van der Waals surface area contributed by atoms with E-state index in [0.717, 1.165) is 57.7 Å². The van der Waals surface area contributed by atoms with Gasteiger partial charge in [-0.1, -0.05) is 72.8 Å². The molecule has 49 heavy (non-hydrogen) atoms. The number of carbonyl (C=O) groups is 2. The lowest BCUT2D eigenvalue weighted by atomic mass is 9.71. The Hall–Kier alpha value is -5.36. The topological polar surface area (TPSA) is 65.1 Å². The van der Waals surface area contributed by atoms with Gasteiger partial charge in [0.05, 0.1) is 32.4 Å². The van der Waals surface area contributed by atoms with Crippen molar-refractivity contribution in [3.05, 3.63) is 142 Å². The Morgan fingerprint density at radius 1 is 0.755 bits per heavy atom. The molecule has 0 N–H and O–H groups in total. The fourth-order valence-corrected chi connectivity index (χ4v) is 8.42. The summed E-state index contributed by atoms with van der Waals surface area (Å²) in [6.07, 6.45) is 2.68. The van der Waals surface area contributed by atoms with Crippen molar-refractivity contribution in [2.45, 2.75) is 51.1 Å². The Kier molecular flexibility index (Phi) is 7.95. The third kappa shape index (κ3) is 5.18. The molecule has 2 aliphatic carbocycles. The highest BCUT2D eigenvalue weighted by Crippen LogP contribution is 2.55. The third-order valence-electron chi connectivity index (χ3n) is 10.5. The van der Waals surface area contributed by atoms with Crippen LogP contribution in [0, 0.1) is 0 Å². The molecule has 0 fully saturated rings. The van der Waals surface area contributed by atoms with E-state index < -0.39 is 0 Å². The highest BCUT2D eigenvalue weighted by molar-refractivity contribution is 6.10. The number of hydrogen-bond acceptors (Lipinski definition) is 5. The maximum absolute atomic E-state index is 15.2. The molecule has 5 aromatic carbocycles. The Bertz CT molecular complexity index is 2030. The summed E-state index contributed by atoms with van der Waals surface area (Å²) >= 11 is 0. The van der Waals surface area contributed by atoms with E-state index in [4.69, 9.17) is 14.2 Å². The van der Waals surface area contributed by atoms with Crippen LogP contribution in [0.3, 0.4) is 0 Å². The highest BCUT2D eigenvalue weighted by atomic mass is 16.5. The van der Waals surface area contributed by atoms with E-state index >= 15 is 4.79 Å². The molecule has 1 amide bonds. The molecule has 8 rings (SSSR count). The number of rotatable bonds is 9. The van der Waals surface area contributed by atoms with Crippen LogP contribution in [0.15, 0.2) is 97.1 Å². The van der Waals surface area contributed by atoms with Crippen LogP contribution < -0.4 is 9.47 Å². The fraction of sp³-hybridized carbons (Fsp3) is 0.256. The van der Waals surface area contributed by atoms with Gasteiger partial charge in [-0.05, 0) is 118 Å². The van der Waals surface area contributed by atoms with Crippen LogP contribution in [0.5, 0.6) is 11.5 Å². The number of ether oxygens (including phenoxy) is 3. The van der Waals surface area contributed by atoms with E-state index in [1.165, 1.54) is 33.4 Å². The molecule has 1 unspecified atom stereocenters. The number of esters is 1. The summed E-state index contributed by atoms with van der Waals surface area (Å²) in [6, 6.07) is 32.8. The van der Waals surface area contributed by atoms with Gasteiger partial charge in [0.15, 0.2) is 0 Å². The molecule has 0 bridgehead atoms. The van der Waals surface area contributed by atoms with Crippen molar-refractivity contribution < 1.29 is 23.8 Å². The van der Waals surface area contributed by atoms with Crippen LogP contribution in [0.25, 0.3) is 22.3 Å². The number of amides is 1. The maximum atomic E-state index is 15.2. The van der Waals surface area contributed by atoms with E-state index in [-0.39, 0.29) is 23.8 Å². The van der Waals surface area contributed by atoms with Crippen LogP contribution in [0.2, 0.25) is 0 Å². The number of methoxy groups -OCH3 is 2. The molecule has 6 nitrogen and oxygen atoms in total. The summed E-state index contributed by atoms with van der Waals surface area (Å²) in [7, 11) is 3.33. The Morgan fingerprint density at radius 2 is 1.35 bits per heavy atom. The second kappa shape index (κ2) is 12.6. The molecule has 0 saturated heterocycles. The van der Waals surface area contributed by atoms with Crippen molar-refractivity contribution in [1.29, 1.82) is 0 Å². The average molecular weight is 650 g/mol. The van der Waals surface area contributed by atoms with Gasteiger partial charge in [0, 0.05) is 13.0 Å². The van der Waals surface area contributed by atoms with E-state index in [1.54, 1.807) is 14.2 Å². The molecule has 246 valence electrons. The van der Waals surface area contributed by atoms with Crippen molar-refractivity contribution >= 4 is 11.9 Å². The monoisotopic (exact) mass is 649 g/mol. The molecular formula is C43H39NO5. The molecule has 6 heteroatoms. The van der Waals surface area contributed by atoms with Crippen molar-refractivity contribution in [3.63, 3.8) is 0 Å². The smallest absolute Gasteiger partial charge is 0.305 e. The largest absolute Gasteiger partial charge is 0.497 e. The van der Waals surface area contributed by atoms with Crippen LogP contribution in [-0.4, -0.2) is 37.6 Å². The molecule has 0 spiro atoms. The molecule has 1 aliphatic heterocycles. The average Bonchev–Trinajstić information content (AvgIpc) is 3.68. The zero-order valence-electron chi connectivity index (χ0n) is 28.1. The first-order chi connectivity index (χ1) is 24.0. The Morgan fingerprint density at radius 3 is 1.96 bits per heavy atom. The van der Waals surface area contributed by atoms with E-state index in [1.807, 2.05) is 36.1 Å². The number of benzene rings is 5. The third-order valence-corrected chi connectivity index (χ3v) is 10.5. The standard InChI is InChI=1S/C43H39NO5/c1-4-49-37(45)22-17-30-23-28-9-5-7-11-33(28)40-36-25-44(43(46)41(36)39-34-12-8-6-10-29(34)24-35(39)38(30)40)42(26-13-18-31(47-2)19-14-26)27-15-20-32(48-3)21-16-27/h5-16,18-21,30,42H,4,17,22-25H2,1-3H3. The fourth-order valence-electron chi connectivity index (χ4n) is 8.42. The van der Waals surface area contributed by atoms with E-state index in [2.05, 4.69) is 72.8 Å². The SMILES string of the molecule is CCOC(=O)CCC1Cc2ccccc2-c2c3c(c4c(c21)Cc1ccccc1-4)C(=O)N(C(c1ccc(OC)cc1)c1ccc(OC)cc1)C3. The number of carbonyl (C=O) groups excluding carboxylic acids is 2. The van der Waals surface area contributed by atoms with Gasteiger partial charge in [-0.3, -0.25) is 9.59 Å². The lowest BCUT2D eigenvalue weighted by Crippen LogP contribution is -2.30. The normalized spacial score (nSPS) is 15.3. The number of hydrogen-bond donors (Lipinski definition) is 0. The first-order valence-corrected chi connectivity index (χ1v) is 17.1. The molecule has 5 aromatic rings. The maximum Gasteiger partial charge on any atom is 0.305 e. The van der Waals surface area contributed by atoms with Gasteiger partial charge in [0.25, 0.3) is 5.91 Å². The van der Waals surface area contributed by atoms with Gasteiger partial charge in [0.1, 0.15) is 11.5 Å². The van der Waals surface area contributed by atoms with Gasteiger partial charge in [-0.2, -0.15) is 0 Å². The van der Waals surface area contributed by atoms with Crippen LogP contribution in [0.1, 0.15) is 81.0 Å². The molecule has 3 aliphatic rings. The first-order valence-electron chi connectivity index (χ1n) is 17.1. The van der Waals surface area contributed by atoms with Crippen LogP contribution in [0.4, 0.5) is 0 Å². The van der Waals surface area contributed by atoms with Crippen LogP contribution in [-0.2, 0) is 28.9 Å². The van der Waals surface area contributed by atoms with Gasteiger partial charge in [-0.15, -0.1) is 0 Å². The zero-order valence-corrected chi connectivity index (χ0v) is 28.1. The summed E-state index contributed by atoms with van der Waals surface area (Å²) in [5, 5.41) is 0. The summed E-state index contributed by atoms with van der Waals surface area (Å²) in [5.74, 6) is 1.54. The van der Waals surface area contributed by atoms with Gasteiger partial charge < -0.3 is 19.1 Å². The number of fused-ring (bicyclic) bond motifs is 10. The predicted molar refractivity (Wildman–Crippen MR) is 190 cm³/mol. The van der Waals surface area contributed by atoms with Gasteiger partial charge in [0.2, 0.25) is 0 Å². The molecular weight excluding hydrogens is 610 g/mol. The second-order valence-electron chi connectivity index (χ2n) is 13.1. The molecule has 0 radical (unpaired) electrons. The Labute approximate surface area is 287 Å². The van der Waals surface area contributed by atoms with Gasteiger partial charge in [-0.25, -0.2) is 0 Å². The van der Waals surface area contributed by atoms with Crippen molar-refractivity contribution in [2.24, 2.45) is 0 Å². The lowest BCUT2D eigenvalue weighted by molar-refractivity contribution is -0.143. The minimum absolute atomic E-state index is 0.0357. The second-order valence-corrected chi connectivity index (χ2v) is 13.1. The molecule has 1 heterocycles. The lowest BCUT2D eigenvalue weighted by Gasteiger charge is -2.32. The van der Waals surface area contributed by atoms with E-state index in [0.29, 0.717) is 26.0 Å². The quantitative estimate of drug-likeness (QED) is 0.147. The number of nitrogens with zero attached hydrogens (tertiary/aromatic N) is 1. The minimum atomic E-state index is -0.335. The van der Waals surface area contributed by atoms with Gasteiger partial charge >= 0.3 is 5.97 Å². The summed E-state index contributed by atoms with van der Waals surface area (Å²) in [6.45, 7) is 2.70.